The molecule has 0 fully saturated rings. The number of allylic oxidation sites excluding steroid dienone is 2. The average molecular weight is 242 g/mol. The van der Waals surface area contributed by atoms with Crippen molar-refractivity contribution in [2.24, 2.45) is 0 Å². The van der Waals surface area contributed by atoms with Crippen LogP contribution >= 0.6 is 0 Å². The third kappa shape index (κ3) is 1.55. The van der Waals surface area contributed by atoms with Crippen molar-refractivity contribution in [3.8, 4) is 0 Å². The van der Waals surface area contributed by atoms with Gasteiger partial charge in [0.1, 0.15) is 13.1 Å². The van der Waals surface area contributed by atoms with Gasteiger partial charge in [0.05, 0.1) is 5.57 Å². The molecular formula is C17H10N2. The normalized spacial score (nSPS) is 12.9. The Morgan fingerprint density at radius 3 is 2.42 bits per heavy atom. The summed E-state index contributed by atoms with van der Waals surface area (Å²) >= 11 is 0. The third-order valence-electron chi connectivity index (χ3n) is 3.45. The van der Waals surface area contributed by atoms with Gasteiger partial charge in [-0.1, -0.05) is 43.0 Å². The summed E-state index contributed by atoms with van der Waals surface area (Å²) in [6.07, 6.45) is 0.707. The highest BCUT2D eigenvalue weighted by molar-refractivity contribution is 6.03. The molecule has 88 valence electrons. The summed E-state index contributed by atoms with van der Waals surface area (Å²) in [5.74, 6) is 0.118. The predicted molar refractivity (Wildman–Crippen MR) is 76.9 cm³/mol. The molecule has 0 radical (unpaired) electrons. The van der Waals surface area contributed by atoms with Crippen molar-refractivity contribution in [1.29, 1.82) is 0 Å². The Morgan fingerprint density at radius 1 is 1.05 bits per heavy atom. The fourth-order valence-electron chi connectivity index (χ4n) is 2.70. The van der Waals surface area contributed by atoms with Crippen molar-refractivity contribution in [3.05, 3.63) is 88.3 Å². The Kier molecular flexibility index (Phi) is 2.44. The minimum atomic E-state index is 0.118. The molecule has 0 unspecified atom stereocenters. The second kappa shape index (κ2) is 4.12. The molecule has 1 aliphatic rings. The van der Waals surface area contributed by atoms with Crippen LogP contribution in [0.25, 0.3) is 26.0 Å². The van der Waals surface area contributed by atoms with E-state index in [1.165, 1.54) is 5.56 Å². The summed E-state index contributed by atoms with van der Waals surface area (Å²) in [5, 5.41) is 2.30. The molecule has 0 saturated carbocycles. The Balaban J connectivity index is 2.50. The lowest BCUT2D eigenvalue weighted by molar-refractivity contribution is 1.21. The van der Waals surface area contributed by atoms with Crippen LogP contribution in [0.1, 0.15) is 11.1 Å². The molecule has 2 nitrogen and oxygen atoms in total. The first-order valence-electron chi connectivity index (χ1n) is 5.94. The smallest absolute Gasteiger partial charge is 0.153 e. The van der Waals surface area contributed by atoms with E-state index in [1.807, 2.05) is 18.2 Å². The molecule has 3 rings (SSSR count). The first kappa shape index (κ1) is 11.3. The van der Waals surface area contributed by atoms with E-state index in [9.17, 15) is 0 Å². The molecule has 0 N–H and O–H groups in total. The minimum Gasteiger partial charge on any atom is -0.153 e. The average Bonchev–Trinajstić information content (AvgIpc) is 2.43. The summed E-state index contributed by atoms with van der Waals surface area (Å²) in [6, 6.07) is 12.2. The van der Waals surface area contributed by atoms with Crippen LogP contribution in [0.2, 0.25) is 0 Å². The molecule has 0 amide bonds. The number of nitrogens with zero attached hydrogens (tertiary/aromatic N) is 2. The fraction of sp³-hybridized carbons (Fsp3) is 0.0588. The number of hydrogen-bond acceptors (Lipinski definition) is 0. The minimum absolute atomic E-state index is 0.118. The Labute approximate surface area is 111 Å². The van der Waals surface area contributed by atoms with E-state index in [2.05, 4.69) is 34.5 Å². The lowest BCUT2D eigenvalue weighted by Gasteiger charge is -2.20. The molecule has 0 heterocycles. The third-order valence-corrected chi connectivity index (χ3v) is 3.45. The van der Waals surface area contributed by atoms with Crippen LogP contribution < -0.4 is 0 Å². The highest BCUT2D eigenvalue weighted by Crippen LogP contribution is 2.40. The largest absolute Gasteiger partial charge is 0.527 e. The van der Waals surface area contributed by atoms with Crippen molar-refractivity contribution in [2.45, 2.75) is 6.42 Å². The maximum absolute atomic E-state index is 7.17. The van der Waals surface area contributed by atoms with Crippen LogP contribution in [-0.4, -0.2) is 0 Å². The van der Waals surface area contributed by atoms with E-state index in [4.69, 9.17) is 13.1 Å². The number of benzene rings is 2. The summed E-state index contributed by atoms with van der Waals surface area (Å²) in [6.45, 7) is 18.4. The molecule has 0 aliphatic heterocycles. The van der Waals surface area contributed by atoms with E-state index in [-0.39, 0.29) is 5.82 Å². The molecular weight excluding hydrogens is 232 g/mol. The van der Waals surface area contributed by atoms with Gasteiger partial charge in [-0.2, -0.15) is 9.69 Å². The maximum atomic E-state index is 7.17. The van der Waals surface area contributed by atoms with Crippen LogP contribution in [0.15, 0.2) is 54.4 Å². The van der Waals surface area contributed by atoms with Crippen molar-refractivity contribution in [2.75, 3.05) is 0 Å². The molecule has 1 aliphatic carbocycles. The van der Waals surface area contributed by atoms with E-state index in [0.717, 1.165) is 21.9 Å². The van der Waals surface area contributed by atoms with Gasteiger partial charge < -0.3 is 0 Å². The molecule has 19 heavy (non-hydrogen) atoms. The van der Waals surface area contributed by atoms with Crippen molar-refractivity contribution in [3.63, 3.8) is 0 Å². The summed E-state index contributed by atoms with van der Waals surface area (Å²) in [7, 11) is 0. The standard InChI is InChI=1S/C17H10N2/c1-11-10-13-8-4-6-12-7-5-9-14(16(12)13)15(11)17(18-2)19-3/h4-9H,1,10H2. The van der Waals surface area contributed by atoms with Gasteiger partial charge in [-0.15, -0.1) is 0 Å². The van der Waals surface area contributed by atoms with Gasteiger partial charge in [-0.05, 0) is 33.9 Å². The fourth-order valence-corrected chi connectivity index (χ4v) is 2.70. The second-order valence-corrected chi connectivity index (χ2v) is 4.52. The molecule has 2 aromatic rings. The molecule has 0 bridgehead atoms. The van der Waals surface area contributed by atoms with Gasteiger partial charge in [0.25, 0.3) is 0 Å². The first-order chi connectivity index (χ1) is 9.26. The first-order valence-corrected chi connectivity index (χ1v) is 5.94. The summed E-state index contributed by atoms with van der Waals surface area (Å²) < 4.78 is 0. The van der Waals surface area contributed by atoms with Crippen LogP contribution in [0.4, 0.5) is 0 Å². The van der Waals surface area contributed by atoms with Crippen molar-refractivity contribution >= 4 is 16.3 Å². The van der Waals surface area contributed by atoms with Gasteiger partial charge in [0.2, 0.25) is 0 Å². The van der Waals surface area contributed by atoms with E-state index >= 15 is 0 Å². The monoisotopic (exact) mass is 242 g/mol. The van der Waals surface area contributed by atoms with Crippen LogP contribution in [0, 0.1) is 13.1 Å². The van der Waals surface area contributed by atoms with E-state index in [1.54, 1.807) is 0 Å². The van der Waals surface area contributed by atoms with E-state index < -0.39 is 0 Å². The van der Waals surface area contributed by atoms with Crippen LogP contribution in [0.3, 0.4) is 0 Å². The van der Waals surface area contributed by atoms with Crippen LogP contribution in [-0.2, 0) is 6.42 Å². The summed E-state index contributed by atoms with van der Waals surface area (Å²) in [4.78, 5) is 6.71. The maximum Gasteiger partial charge on any atom is 0.527 e. The lowest BCUT2D eigenvalue weighted by Crippen LogP contribution is -2.04. The molecule has 2 heteroatoms. The van der Waals surface area contributed by atoms with Gasteiger partial charge in [-0.25, -0.2) is 0 Å². The zero-order valence-electron chi connectivity index (χ0n) is 10.3. The summed E-state index contributed by atoms with van der Waals surface area (Å²) in [5.41, 5.74) is 3.75. The lowest BCUT2D eigenvalue weighted by atomic mass is 9.82. The number of rotatable bonds is 0. The zero-order valence-corrected chi connectivity index (χ0v) is 10.3. The van der Waals surface area contributed by atoms with E-state index in [0.29, 0.717) is 12.0 Å². The van der Waals surface area contributed by atoms with Gasteiger partial charge in [-0.3, -0.25) is 0 Å². The van der Waals surface area contributed by atoms with Gasteiger partial charge in [0.15, 0.2) is 0 Å². The van der Waals surface area contributed by atoms with Crippen molar-refractivity contribution in [1.82, 2.24) is 0 Å². The van der Waals surface area contributed by atoms with Gasteiger partial charge in [0, 0.05) is 0 Å². The highest BCUT2D eigenvalue weighted by Gasteiger charge is 2.26. The van der Waals surface area contributed by atoms with Gasteiger partial charge >= 0.3 is 5.82 Å². The molecule has 0 spiro atoms. The Morgan fingerprint density at radius 2 is 1.74 bits per heavy atom. The highest BCUT2D eigenvalue weighted by atomic mass is 14.9. The molecule has 2 aromatic carbocycles. The molecule has 0 saturated heterocycles. The zero-order chi connectivity index (χ0) is 13.4. The Bertz CT molecular complexity index is 805. The van der Waals surface area contributed by atoms with Crippen molar-refractivity contribution < 1.29 is 0 Å². The molecule has 0 atom stereocenters. The Hall–Kier alpha value is -2.84. The number of hydrogen-bond donors (Lipinski definition) is 0. The molecule has 0 aromatic heterocycles. The predicted octanol–water partition coefficient (Wildman–Crippen LogP) is 4.46. The van der Waals surface area contributed by atoms with Crippen LogP contribution in [0.5, 0.6) is 0 Å². The topological polar surface area (TPSA) is 8.72 Å². The SMILES string of the molecule is [C-]#[N+]C([N+]#[C-])=C1C(=C)Cc2cccc3cccc1c23. The quantitative estimate of drug-likeness (QED) is 0.603. The second-order valence-electron chi connectivity index (χ2n) is 4.52.